The Morgan fingerprint density at radius 2 is 2.17 bits per heavy atom. The van der Waals surface area contributed by atoms with Gasteiger partial charge in [0.2, 0.25) is 0 Å². The van der Waals surface area contributed by atoms with E-state index in [0.29, 0.717) is 12.1 Å². The maximum atomic E-state index is 11.9. The van der Waals surface area contributed by atoms with Crippen molar-refractivity contribution in [1.82, 2.24) is 15.5 Å². The molecule has 4 N–H and O–H groups in total. The highest BCUT2D eigenvalue weighted by Crippen LogP contribution is 2.19. The number of amides is 1. The molecule has 8 heteroatoms. The summed E-state index contributed by atoms with van der Waals surface area (Å²) in [4.78, 5) is 11.5. The predicted molar refractivity (Wildman–Crippen MR) is 60.0 cm³/mol. The van der Waals surface area contributed by atoms with Crippen LogP contribution in [0.1, 0.15) is 35.9 Å². The zero-order chi connectivity index (χ0) is 13.8. The molecule has 102 valence electrons. The quantitative estimate of drug-likeness (QED) is 0.755. The molecule has 0 aliphatic carbocycles. The molecular weight excluding hydrogens is 249 g/mol. The first kappa shape index (κ1) is 14.3. The van der Waals surface area contributed by atoms with E-state index in [9.17, 15) is 18.0 Å². The SMILES string of the molecule is CCCc1[nH]nc(C(=O)NCCC(F)(F)F)c1N. The molecule has 0 fully saturated rings. The van der Waals surface area contributed by atoms with Crippen LogP contribution in [-0.4, -0.2) is 28.8 Å². The number of H-pyrrole nitrogens is 1. The smallest absolute Gasteiger partial charge is 0.390 e. The molecule has 0 unspecified atom stereocenters. The molecule has 0 bridgehead atoms. The third-order valence-electron chi connectivity index (χ3n) is 2.29. The average Bonchev–Trinajstić information content (AvgIpc) is 2.59. The Hall–Kier alpha value is -1.73. The minimum atomic E-state index is -4.29. The molecule has 0 aliphatic rings. The van der Waals surface area contributed by atoms with Crippen LogP contribution in [0.15, 0.2) is 0 Å². The highest BCUT2D eigenvalue weighted by molar-refractivity contribution is 5.97. The molecule has 1 aromatic rings. The van der Waals surface area contributed by atoms with Crippen LogP contribution in [0.25, 0.3) is 0 Å². The van der Waals surface area contributed by atoms with Crippen LogP contribution in [0.4, 0.5) is 18.9 Å². The second kappa shape index (κ2) is 5.74. The van der Waals surface area contributed by atoms with Gasteiger partial charge in [0.1, 0.15) is 0 Å². The lowest BCUT2D eigenvalue weighted by atomic mass is 10.2. The van der Waals surface area contributed by atoms with Crippen LogP contribution >= 0.6 is 0 Å². The van der Waals surface area contributed by atoms with Crippen molar-refractivity contribution >= 4 is 11.6 Å². The van der Waals surface area contributed by atoms with Crippen molar-refractivity contribution in [3.05, 3.63) is 11.4 Å². The number of nitrogen functional groups attached to an aromatic ring is 1. The van der Waals surface area contributed by atoms with E-state index in [1.54, 1.807) is 0 Å². The van der Waals surface area contributed by atoms with Crippen LogP contribution in [0.3, 0.4) is 0 Å². The molecule has 0 spiro atoms. The van der Waals surface area contributed by atoms with Crippen LogP contribution in [0, 0.1) is 0 Å². The molecule has 0 aliphatic heterocycles. The van der Waals surface area contributed by atoms with Crippen molar-refractivity contribution in [2.45, 2.75) is 32.4 Å². The van der Waals surface area contributed by atoms with Crippen molar-refractivity contribution in [3.8, 4) is 0 Å². The number of carbonyl (C=O) groups is 1. The van der Waals surface area contributed by atoms with E-state index in [-0.39, 0.29) is 11.4 Å². The molecule has 1 amide bonds. The van der Waals surface area contributed by atoms with Gasteiger partial charge in [-0.15, -0.1) is 0 Å². The van der Waals surface area contributed by atoms with Crippen molar-refractivity contribution in [1.29, 1.82) is 0 Å². The number of rotatable bonds is 5. The van der Waals surface area contributed by atoms with Gasteiger partial charge < -0.3 is 11.1 Å². The fourth-order valence-corrected chi connectivity index (χ4v) is 1.40. The van der Waals surface area contributed by atoms with Gasteiger partial charge in [-0.05, 0) is 6.42 Å². The van der Waals surface area contributed by atoms with Crippen LogP contribution < -0.4 is 11.1 Å². The van der Waals surface area contributed by atoms with E-state index in [1.165, 1.54) is 0 Å². The summed E-state index contributed by atoms with van der Waals surface area (Å²) in [6.07, 6.45) is -3.92. The Kier molecular flexibility index (Phi) is 4.57. The molecule has 1 rings (SSSR count). The van der Waals surface area contributed by atoms with Crippen LogP contribution in [0.2, 0.25) is 0 Å². The molecule has 5 nitrogen and oxygen atoms in total. The lowest BCUT2D eigenvalue weighted by Crippen LogP contribution is -2.28. The van der Waals surface area contributed by atoms with Crippen LogP contribution in [0.5, 0.6) is 0 Å². The number of anilines is 1. The minimum Gasteiger partial charge on any atom is -0.395 e. The number of nitrogens with two attached hydrogens (primary N) is 1. The van der Waals surface area contributed by atoms with E-state index in [2.05, 4.69) is 15.5 Å². The number of aromatic amines is 1. The number of aromatic nitrogens is 2. The predicted octanol–water partition coefficient (Wildman–Crippen LogP) is 1.63. The topological polar surface area (TPSA) is 83.8 Å². The van der Waals surface area contributed by atoms with Gasteiger partial charge in [-0.1, -0.05) is 13.3 Å². The van der Waals surface area contributed by atoms with E-state index in [0.717, 1.165) is 6.42 Å². The number of hydrogen-bond acceptors (Lipinski definition) is 3. The lowest BCUT2D eigenvalue weighted by Gasteiger charge is -2.06. The largest absolute Gasteiger partial charge is 0.395 e. The average molecular weight is 264 g/mol. The van der Waals surface area contributed by atoms with Crippen molar-refractivity contribution in [2.24, 2.45) is 0 Å². The molecule has 1 heterocycles. The number of nitrogens with one attached hydrogen (secondary N) is 2. The van der Waals surface area contributed by atoms with Gasteiger partial charge in [0, 0.05) is 6.54 Å². The first-order valence-corrected chi connectivity index (χ1v) is 5.52. The van der Waals surface area contributed by atoms with Crippen LogP contribution in [-0.2, 0) is 6.42 Å². The maximum Gasteiger partial charge on any atom is 0.390 e. The van der Waals surface area contributed by atoms with Gasteiger partial charge in [0.25, 0.3) is 5.91 Å². The van der Waals surface area contributed by atoms with Crippen molar-refractivity contribution in [2.75, 3.05) is 12.3 Å². The summed E-state index contributed by atoms with van der Waals surface area (Å²) in [7, 11) is 0. The molecule has 0 atom stereocenters. The summed E-state index contributed by atoms with van der Waals surface area (Å²) in [6, 6.07) is 0. The highest BCUT2D eigenvalue weighted by Gasteiger charge is 2.27. The van der Waals surface area contributed by atoms with Gasteiger partial charge >= 0.3 is 6.18 Å². The summed E-state index contributed by atoms with van der Waals surface area (Å²) in [5.41, 5.74) is 6.44. The fraction of sp³-hybridized carbons (Fsp3) is 0.600. The minimum absolute atomic E-state index is 0.0550. The Labute approximate surface area is 102 Å². The Morgan fingerprint density at radius 1 is 1.50 bits per heavy atom. The lowest BCUT2D eigenvalue weighted by molar-refractivity contribution is -0.132. The zero-order valence-corrected chi connectivity index (χ0v) is 9.90. The molecule has 1 aromatic heterocycles. The van der Waals surface area contributed by atoms with Crippen molar-refractivity contribution < 1.29 is 18.0 Å². The molecule has 0 aromatic carbocycles. The molecule has 0 saturated carbocycles. The summed E-state index contributed by atoms with van der Waals surface area (Å²) in [5.74, 6) is -0.699. The van der Waals surface area contributed by atoms with Gasteiger partial charge in [0.15, 0.2) is 5.69 Å². The number of hydrogen-bond donors (Lipinski definition) is 3. The Balaban J connectivity index is 2.57. The van der Waals surface area contributed by atoms with Gasteiger partial charge in [-0.2, -0.15) is 18.3 Å². The first-order valence-electron chi connectivity index (χ1n) is 5.52. The number of nitrogens with zero attached hydrogens (tertiary/aromatic N) is 1. The Bertz CT molecular complexity index is 414. The molecule has 0 radical (unpaired) electrons. The normalized spacial score (nSPS) is 11.6. The second-order valence-corrected chi connectivity index (χ2v) is 3.84. The van der Waals surface area contributed by atoms with Gasteiger partial charge in [-0.25, -0.2) is 0 Å². The third kappa shape index (κ3) is 3.94. The van der Waals surface area contributed by atoms with E-state index < -0.39 is 25.0 Å². The second-order valence-electron chi connectivity index (χ2n) is 3.84. The summed E-state index contributed by atoms with van der Waals surface area (Å²) < 4.78 is 35.7. The Morgan fingerprint density at radius 3 is 2.72 bits per heavy atom. The highest BCUT2D eigenvalue weighted by atomic mass is 19.4. The van der Waals surface area contributed by atoms with Crippen molar-refractivity contribution in [3.63, 3.8) is 0 Å². The molecule has 0 saturated heterocycles. The fourth-order valence-electron chi connectivity index (χ4n) is 1.40. The maximum absolute atomic E-state index is 11.9. The molecule has 18 heavy (non-hydrogen) atoms. The number of alkyl halides is 3. The number of carbonyl (C=O) groups excluding carboxylic acids is 1. The monoisotopic (exact) mass is 264 g/mol. The number of aryl methyl sites for hydroxylation is 1. The van der Waals surface area contributed by atoms with E-state index in [1.807, 2.05) is 6.92 Å². The van der Waals surface area contributed by atoms with Gasteiger partial charge in [-0.3, -0.25) is 9.89 Å². The zero-order valence-electron chi connectivity index (χ0n) is 9.90. The summed E-state index contributed by atoms with van der Waals surface area (Å²) >= 11 is 0. The van der Waals surface area contributed by atoms with E-state index in [4.69, 9.17) is 5.73 Å². The first-order chi connectivity index (χ1) is 8.35. The van der Waals surface area contributed by atoms with E-state index >= 15 is 0 Å². The summed E-state index contributed by atoms with van der Waals surface area (Å²) in [5, 5.41) is 8.44. The number of halogens is 3. The van der Waals surface area contributed by atoms with Gasteiger partial charge in [0.05, 0.1) is 17.8 Å². The molecular formula is C10H15F3N4O. The summed E-state index contributed by atoms with van der Waals surface area (Å²) in [6.45, 7) is 1.45. The third-order valence-corrected chi connectivity index (χ3v) is 2.29. The standard InChI is InChI=1S/C10H15F3N4O/c1-2-3-6-7(14)8(17-16-6)9(18)15-5-4-10(11,12)13/h2-5,14H2,1H3,(H,15,18)(H,16,17).